The first kappa shape index (κ1) is 49.4. The van der Waals surface area contributed by atoms with E-state index >= 15 is 0 Å². The number of anilines is 3. The van der Waals surface area contributed by atoms with Crippen molar-refractivity contribution in [3.05, 3.63) is 113 Å². The number of hydrogen-bond donors (Lipinski definition) is 4. The molecule has 1 aliphatic rings. The Balaban J connectivity index is 1.01. The van der Waals surface area contributed by atoms with Gasteiger partial charge in [-0.1, -0.05) is 62.3 Å². The van der Waals surface area contributed by atoms with Crippen LogP contribution in [-0.2, 0) is 19.1 Å². The molecule has 3 amide bonds. The molecule has 0 aliphatic carbocycles. The summed E-state index contributed by atoms with van der Waals surface area (Å²) in [6.45, 7) is 17.1. The largest absolute Gasteiger partial charge is 0.393 e. The van der Waals surface area contributed by atoms with E-state index in [2.05, 4.69) is 68.2 Å². The van der Waals surface area contributed by atoms with Crippen LogP contribution in [0.15, 0.2) is 89.2 Å². The number of benzene rings is 3. The van der Waals surface area contributed by atoms with E-state index in [0.29, 0.717) is 26.0 Å². The molecule has 66 heavy (non-hydrogen) atoms. The molecule has 0 spiro atoms. The molecule has 1 saturated heterocycles. The van der Waals surface area contributed by atoms with Crippen LogP contribution in [0.25, 0.3) is 21.6 Å². The molecular weight excluding hydrogens is 851 g/mol. The quantitative estimate of drug-likeness (QED) is 0.0334. The summed E-state index contributed by atoms with van der Waals surface area (Å²) in [6, 6.07) is 21.0. The minimum atomic E-state index is -0.834. The van der Waals surface area contributed by atoms with E-state index in [9.17, 15) is 14.4 Å². The van der Waals surface area contributed by atoms with Crippen LogP contribution in [0.2, 0.25) is 0 Å². The van der Waals surface area contributed by atoms with Gasteiger partial charge in [-0.3, -0.25) is 19.4 Å². The van der Waals surface area contributed by atoms with Crippen LogP contribution in [0, 0.1) is 33.1 Å². The van der Waals surface area contributed by atoms with Crippen molar-refractivity contribution < 1.29 is 23.6 Å². The van der Waals surface area contributed by atoms with Crippen LogP contribution in [0.5, 0.6) is 0 Å². The van der Waals surface area contributed by atoms with Gasteiger partial charge >= 0.3 is 0 Å². The van der Waals surface area contributed by atoms with Gasteiger partial charge in [0.05, 0.1) is 33.5 Å². The van der Waals surface area contributed by atoms with Crippen LogP contribution in [0.4, 0.5) is 17.1 Å². The molecule has 14 nitrogen and oxygen atoms in total. The number of aromatic nitrogens is 2. The summed E-state index contributed by atoms with van der Waals surface area (Å²) < 4.78 is 11.4. The zero-order valence-corrected chi connectivity index (χ0v) is 40.8. The lowest BCUT2D eigenvalue weighted by Gasteiger charge is -2.35. The molecule has 5 N–H and O–H groups in total. The van der Waals surface area contributed by atoms with Crippen LogP contribution in [-0.4, -0.2) is 78.2 Å². The Kier molecular flexibility index (Phi) is 16.8. The number of hydrogen-bond acceptors (Lipinski definition) is 12. The van der Waals surface area contributed by atoms with Gasteiger partial charge in [0.25, 0.3) is 0 Å². The number of hydrazine groups is 1. The molecule has 3 atom stereocenters. The number of carbonyl (C=O) groups excluding carboxylic acids is 3. The lowest BCUT2D eigenvalue weighted by atomic mass is 9.85. The van der Waals surface area contributed by atoms with E-state index in [-0.39, 0.29) is 30.4 Å². The third kappa shape index (κ3) is 12.2. The smallest absolute Gasteiger partial charge is 0.246 e. The molecule has 0 radical (unpaired) electrons. The van der Waals surface area contributed by atoms with E-state index in [4.69, 9.17) is 15.1 Å². The zero-order valence-electron chi connectivity index (χ0n) is 39.9. The maximum atomic E-state index is 14.2. The van der Waals surface area contributed by atoms with E-state index in [1.54, 1.807) is 33.6 Å². The van der Waals surface area contributed by atoms with Gasteiger partial charge in [0.2, 0.25) is 17.7 Å². The number of rotatable bonds is 20. The Morgan fingerprint density at radius 2 is 1.67 bits per heavy atom. The molecule has 0 unspecified atom stereocenters. The predicted molar refractivity (Wildman–Crippen MR) is 264 cm³/mol. The molecule has 15 heteroatoms. The summed E-state index contributed by atoms with van der Waals surface area (Å²) in [6.07, 6.45) is 7.27. The van der Waals surface area contributed by atoms with Crippen molar-refractivity contribution in [2.45, 2.75) is 106 Å². The molecule has 1 fully saturated rings. The molecule has 5 aromatic rings. The zero-order chi connectivity index (χ0) is 47.5. The Morgan fingerprint density at radius 1 is 0.955 bits per heavy atom. The molecule has 1 aliphatic heterocycles. The average molecular weight is 918 g/mol. The van der Waals surface area contributed by atoms with E-state index < -0.39 is 17.5 Å². The van der Waals surface area contributed by atoms with Crippen molar-refractivity contribution in [1.82, 2.24) is 31.0 Å². The number of thiazole rings is 1. The minimum Gasteiger partial charge on any atom is -0.393 e. The van der Waals surface area contributed by atoms with Gasteiger partial charge in [0.1, 0.15) is 24.5 Å². The van der Waals surface area contributed by atoms with Crippen LogP contribution in [0.1, 0.15) is 94.1 Å². The first-order valence-electron chi connectivity index (χ1n) is 22.8. The average Bonchev–Trinajstić information content (AvgIpc) is 4.05. The van der Waals surface area contributed by atoms with Gasteiger partial charge in [0, 0.05) is 56.1 Å². The standard InChI is InChI=1S/C51H67N9O5S/c1-33-15-16-40(46-35(3)57-65-37(46)5)30-44(33)58(41-21-23-42(24-22-41)60(52)28-25-53-9)26-11-10-12-29-64-31-45(61)56-48(51(6,7)8)50(63)59-27-13-14-43(59)49(62)55-34(2)38-17-19-39(20-18-38)47-36(4)54-32-66-47/h15-25,28,30,32,34,43,48,53H,10-14,26-27,29,31,52H2,1-9H3,(H,55,62)(H,56,61)/b28-25-/t34-,43-,48+/m0/s1. The lowest BCUT2D eigenvalue weighted by molar-refractivity contribution is -0.144. The second-order valence-corrected chi connectivity index (χ2v) is 19.0. The fourth-order valence-corrected chi connectivity index (χ4v) is 9.23. The van der Waals surface area contributed by atoms with Gasteiger partial charge < -0.3 is 35.0 Å². The highest BCUT2D eigenvalue weighted by atomic mass is 32.1. The number of nitrogens with one attached hydrogen (secondary N) is 3. The first-order chi connectivity index (χ1) is 31.6. The van der Waals surface area contributed by atoms with Gasteiger partial charge in [-0.2, -0.15) is 0 Å². The maximum absolute atomic E-state index is 14.2. The number of amides is 3. The number of likely N-dealkylation sites (tertiary alicyclic amines) is 1. The van der Waals surface area contributed by atoms with Crippen LogP contribution >= 0.6 is 11.3 Å². The molecule has 0 bridgehead atoms. The summed E-state index contributed by atoms with van der Waals surface area (Å²) in [5.41, 5.74) is 11.2. The highest BCUT2D eigenvalue weighted by Crippen LogP contribution is 2.36. The Hall–Kier alpha value is -6.03. The fourth-order valence-electron chi connectivity index (χ4n) is 8.42. The van der Waals surface area contributed by atoms with E-state index in [1.807, 2.05) is 97.4 Å². The summed E-state index contributed by atoms with van der Waals surface area (Å²) in [5, 5.41) is 14.8. The number of unbranched alkanes of at least 4 members (excludes halogenated alkanes) is 2. The molecule has 6 rings (SSSR count). The molecular formula is C51H67N9O5S. The Bertz CT molecular complexity index is 2420. The maximum Gasteiger partial charge on any atom is 0.246 e. The second kappa shape index (κ2) is 22.4. The number of carbonyl (C=O) groups is 3. The summed E-state index contributed by atoms with van der Waals surface area (Å²) >= 11 is 1.60. The van der Waals surface area contributed by atoms with Gasteiger partial charge in [-0.25, -0.2) is 10.8 Å². The highest BCUT2D eigenvalue weighted by Gasteiger charge is 2.42. The Morgan fingerprint density at radius 3 is 2.32 bits per heavy atom. The van der Waals surface area contributed by atoms with Crippen LogP contribution < -0.4 is 31.7 Å². The van der Waals surface area contributed by atoms with Gasteiger partial charge in [-0.05, 0) is 125 Å². The monoisotopic (exact) mass is 917 g/mol. The first-order valence-corrected chi connectivity index (χ1v) is 23.7. The van der Waals surface area contributed by atoms with E-state index in [1.165, 1.54) is 0 Å². The van der Waals surface area contributed by atoms with Crippen molar-refractivity contribution >= 4 is 46.1 Å². The van der Waals surface area contributed by atoms with Gasteiger partial charge in [0.15, 0.2) is 0 Å². The van der Waals surface area contributed by atoms with E-state index in [0.717, 1.165) is 92.7 Å². The van der Waals surface area contributed by atoms with Crippen molar-refractivity contribution in [2.75, 3.05) is 43.3 Å². The van der Waals surface area contributed by atoms with Crippen LogP contribution in [0.3, 0.4) is 0 Å². The second-order valence-electron chi connectivity index (χ2n) is 18.2. The lowest BCUT2D eigenvalue weighted by Crippen LogP contribution is -2.58. The van der Waals surface area contributed by atoms with Crippen molar-refractivity contribution in [1.29, 1.82) is 0 Å². The third-order valence-corrected chi connectivity index (χ3v) is 13.1. The topological polar surface area (TPSA) is 171 Å². The molecule has 3 aromatic carbocycles. The number of ether oxygens (including phenoxy) is 1. The van der Waals surface area contributed by atoms with Crippen molar-refractivity contribution in [3.8, 4) is 21.6 Å². The van der Waals surface area contributed by atoms with Gasteiger partial charge in [-0.15, -0.1) is 11.3 Å². The molecule has 352 valence electrons. The number of nitrogens with two attached hydrogens (primary N) is 1. The van der Waals surface area contributed by atoms with Crippen molar-refractivity contribution in [2.24, 2.45) is 11.3 Å². The molecule has 0 saturated carbocycles. The summed E-state index contributed by atoms with van der Waals surface area (Å²) in [7, 11) is 1.82. The predicted octanol–water partition coefficient (Wildman–Crippen LogP) is 8.79. The summed E-state index contributed by atoms with van der Waals surface area (Å²) in [4.78, 5) is 50.6. The third-order valence-electron chi connectivity index (χ3n) is 12.1. The molecule has 3 heterocycles. The normalized spacial score (nSPS) is 14.9. The van der Waals surface area contributed by atoms with Crippen molar-refractivity contribution in [3.63, 3.8) is 0 Å². The number of nitrogens with zero attached hydrogens (tertiary/aromatic N) is 5. The Labute approximate surface area is 393 Å². The molecule has 2 aromatic heterocycles. The highest BCUT2D eigenvalue weighted by molar-refractivity contribution is 7.13. The number of aryl methyl sites for hydroxylation is 4. The minimum absolute atomic E-state index is 0.170. The SMILES string of the molecule is CN/C=C\N(N)c1ccc(N(CCCCCOCC(=O)N[C@H](C(=O)N2CCC[C@H]2C(=O)N[C@@H](C)c2ccc(-c3scnc3C)cc2)C(C)(C)C)c2cc(-c3c(C)noc3C)ccc2C)cc1. The summed E-state index contributed by atoms with van der Waals surface area (Å²) in [5.74, 6) is 6.20. The fraction of sp³-hybridized carbons (Fsp3) is 0.431.